The van der Waals surface area contributed by atoms with Gasteiger partial charge >= 0.3 is 0 Å². The second-order valence-corrected chi connectivity index (χ2v) is 7.76. The normalized spacial score (nSPS) is 11.3. The van der Waals surface area contributed by atoms with Gasteiger partial charge in [-0.05, 0) is 54.5 Å². The van der Waals surface area contributed by atoms with Crippen molar-refractivity contribution in [1.82, 2.24) is 10.7 Å². The molecule has 0 aromatic heterocycles. The quantitative estimate of drug-likeness (QED) is 0.246. The number of phenols is 2. The highest BCUT2D eigenvalue weighted by Gasteiger charge is 2.14. The van der Waals surface area contributed by atoms with E-state index in [-0.39, 0.29) is 17.2 Å². The Balaban J connectivity index is 1.84. The Hall–Kier alpha value is -4.59. The summed E-state index contributed by atoms with van der Waals surface area (Å²) in [7, 11) is 3.85. The van der Waals surface area contributed by atoms with Gasteiger partial charge in [-0.25, -0.2) is 5.43 Å². The zero-order valence-corrected chi connectivity index (χ0v) is 19.1. The Morgan fingerprint density at radius 1 is 0.971 bits per heavy atom. The first-order valence-electron chi connectivity index (χ1n) is 10.5. The first-order chi connectivity index (χ1) is 16.2. The van der Waals surface area contributed by atoms with E-state index < -0.39 is 11.8 Å². The van der Waals surface area contributed by atoms with Gasteiger partial charge in [0.25, 0.3) is 11.8 Å². The predicted molar refractivity (Wildman–Crippen MR) is 133 cm³/mol. The number of aryl methyl sites for hydroxylation is 1. The molecular formula is C26H26N4O4. The maximum atomic E-state index is 12.9. The highest BCUT2D eigenvalue weighted by Crippen LogP contribution is 2.25. The molecule has 0 fully saturated rings. The van der Waals surface area contributed by atoms with Crippen molar-refractivity contribution in [2.45, 2.75) is 6.92 Å². The molecule has 3 aromatic carbocycles. The molecule has 174 valence electrons. The fourth-order valence-electron chi connectivity index (χ4n) is 3.12. The lowest BCUT2D eigenvalue weighted by molar-refractivity contribution is -0.117. The standard InChI is InChI=1S/C26H26N4O4/c1-17-13-21(31)15-24(32)22(17)16-27-29-26(34)23(28-25(33)19-7-5-4-6-8-19)14-18-9-11-20(12-10-18)30(2)3/h4-16,31-32H,1-3H3,(H,28,33)(H,29,34)/b23-14+,27-16+. The van der Waals surface area contributed by atoms with Crippen molar-refractivity contribution >= 4 is 29.8 Å². The van der Waals surface area contributed by atoms with E-state index in [0.717, 1.165) is 5.69 Å². The van der Waals surface area contributed by atoms with Gasteiger partial charge in [0.1, 0.15) is 17.2 Å². The topological polar surface area (TPSA) is 114 Å². The van der Waals surface area contributed by atoms with Crippen LogP contribution in [0.5, 0.6) is 11.5 Å². The van der Waals surface area contributed by atoms with E-state index in [2.05, 4.69) is 15.8 Å². The number of nitrogens with one attached hydrogen (secondary N) is 2. The van der Waals surface area contributed by atoms with Gasteiger partial charge in [0.05, 0.1) is 6.21 Å². The average molecular weight is 459 g/mol. The summed E-state index contributed by atoms with van der Waals surface area (Å²) in [6, 6.07) is 18.6. The summed E-state index contributed by atoms with van der Waals surface area (Å²) in [5, 5.41) is 26.1. The van der Waals surface area contributed by atoms with Crippen LogP contribution in [0, 0.1) is 6.92 Å². The molecule has 0 unspecified atom stereocenters. The molecule has 3 aromatic rings. The number of aromatic hydroxyl groups is 2. The number of anilines is 1. The summed E-state index contributed by atoms with van der Waals surface area (Å²) in [4.78, 5) is 27.5. The smallest absolute Gasteiger partial charge is 0.287 e. The highest BCUT2D eigenvalue weighted by atomic mass is 16.3. The number of nitrogens with zero attached hydrogens (tertiary/aromatic N) is 2. The van der Waals surface area contributed by atoms with E-state index in [1.54, 1.807) is 43.3 Å². The van der Waals surface area contributed by atoms with E-state index in [9.17, 15) is 19.8 Å². The molecule has 4 N–H and O–H groups in total. The number of rotatable bonds is 7. The average Bonchev–Trinajstić information content (AvgIpc) is 2.81. The Morgan fingerprint density at radius 3 is 2.26 bits per heavy atom. The van der Waals surface area contributed by atoms with Gasteiger partial charge in [0, 0.05) is 37.0 Å². The summed E-state index contributed by atoms with van der Waals surface area (Å²) in [5.74, 6) is -1.34. The SMILES string of the molecule is Cc1cc(O)cc(O)c1/C=N/NC(=O)/C(=C\c1ccc(N(C)C)cc1)NC(=O)c1ccccc1. The van der Waals surface area contributed by atoms with Crippen molar-refractivity contribution in [1.29, 1.82) is 0 Å². The van der Waals surface area contributed by atoms with Crippen LogP contribution >= 0.6 is 0 Å². The molecule has 0 aliphatic heterocycles. The molecule has 8 nitrogen and oxygen atoms in total. The van der Waals surface area contributed by atoms with Crippen LogP contribution in [0.15, 0.2) is 77.5 Å². The van der Waals surface area contributed by atoms with Gasteiger partial charge in [0.15, 0.2) is 0 Å². The van der Waals surface area contributed by atoms with Crippen LogP contribution in [0.2, 0.25) is 0 Å². The molecule has 0 heterocycles. The van der Waals surface area contributed by atoms with Gasteiger partial charge in [-0.2, -0.15) is 5.10 Å². The number of hydrazone groups is 1. The van der Waals surface area contributed by atoms with Crippen molar-refractivity contribution < 1.29 is 19.8 Å². The molecular weight excluding hydrogens is 432 g/mol. The van der Waals surface area contributed by atoms with Gasteiger partial charge in [-0.1, -0.05) is 30.3 Å². The van der Waals surface area contributed by atoms with Crippen LogP contribution in [-0.4, -0.2) is 42.3 Å². The molecule has 0 bridgehead atoms. The highest BCUT2D eigenvalue weighted by molar-refractivity contribution is 6.05. The van der Waals surface area contributed by atoms with Crippen molar-refractivity contribution in [3.63, 3.8) is 0 Å². The molecule has 0 aliphatic rings. The second-order valence-electron chi connectivity index (χ2n) is 7.76. The molecule has 3 rings (SSSR count). The van der Waals surface area contributed by atoms with Gasteiger partial charge in [0.2, 0.25) is 0 Å². The lowest BCUT2D eigenvalue weighted by atomic mass is 10.1. The van der Waals surface area contributed by atoms with Crippen LogP contribution in [0.3, 0.4) is 0 Å². The van der Waals surface area contributed by atoms with Crippen LogP contribution in [0.4, 0.5) is 5.69 Å². The Bertz CT molecular complexity index is 1210. The van der Waals surface area contributed by atoms with Crippen molar-refractivity contribution in [3.8, 4) is 11.5 Å². The fraction of sp³-hybridized carbons (Fsp3) is 0.115. The number of carbonyl (C=O) groups excluding carboxylic acids is 2. The number of phenolic OH excluding ortho intramolecular Hbond substituents is 2. The first-order valence-corrected chi connectivity index (χ1v) is 10.5. The van der Waals surface area contributed by atoms with Crippen LogP contribution in [0.1, 0.15) is 27.0 Å². The molecule has 0 saturated carbocycles. The molecule has 2 amide bonds. The minimum Gasteiger partial charge on any atom is -0.508 e. The van der Waals surface area contributed by atoms with Crippen molar-refractivity contribution in [2.75, 3.05) is 19.0 Å². The van der Waals surface area contributed by atoms with E-state index in [1.165, 1.54) is 18.3 Å². The summed E-state index contributed by atoms with van der Waals surface area (Å²) >= 11 is 0. The predicted octanol–water partition coefficient (Wildman–Crippen LogP) is 3.39. The molecule has 0 radical (unpaired) electrons. The molecule has 0 atom stereocenters. The Labute approximate surface area is 197 Å². The third-order valence-corrected chi connectivity index (χ3v) is 4.96. The monoisotopic (exact) mass is 458 g/mol. The number of benzene rings is 3. The summed E-state index contributed by atoms with van der Waals surface area (Å²) < 4.78 is 0. The number of hydrogen-bond acceptors (Lipinski definition) is 6. The van der Waals surface area contributed by atoms with Gasteiger partial charge in [-0.3, -0.25) is 9.59 Å². The minimum atomic E-state index is -0.645. The zero-order chi connectivity index (χ0) is 24.7. The molecule has 0 saturated heterocycles. The van der Waals surface area contributed by atoms with Crippen molar-refractivity contribution in [3.05, 3.63) is 94.7 Å². The molecule has 0 spiro atoms. The maximum absolute atomic E-state index is 12.9. The summed E-state index contributed by atoms with van der Waals surface area (Å²) in [6.45, 7) is 1.69. The molecule has 0 aliphatic carbocycles. The van der Waals surface area contributed by atoms with E-state index in [4.69, 9.17) is 0 Å². The van der Waals surface area contributed by atoms with Gasteiger partial charge < -0.3 is 20.4 Å². The number of hydrogen-bond donors (Lipinski definition) is 4. The second kappa shape index (κ2) is 10.8. The summed E-state index contributed by atoms with van der Waals surface area (Å²) in [6.07, 6.45) is 2.82. The van der Waals surface area contributed by atoms with Crippen LogP contribution in [0.25, 0.3) is 6.08 Å². The molecule has 34 heavy (non-hydrogen) atoms. The lowest BCUT2D eigenvalue weighted by Gasteiger charge is -2.13. The maximum Gasteiger partial charge on any atom is 0.287 e. The third-order valence-electron chi connectivity index (χ3n) is 4.96. The van der Waals surface area contributed by atoms with Crippen molar-refractivity contribution in [2.24, 2.45) is 5.10 Å². The lowest BCUT2D eigenvalue weighted by Crippen LogP contribution is -2.32. The number of amides is 2. The first kappa shape index (κ1) is 24.1. The number of carbonyl (C=O) groups is 2. The van der Waals surface area contributed by atoms with E-state index in [0.29, 0.717) is 22.3 Å². The van der Waals surface area contributed by atoms with E-state index >= 15 is 0 Å². The van der Waals surface area contributed by atoms with Gasteiger partial charge in [-0.15, -0.1) is 0 Å². The van der Waals surface area contributed by atoms with Crippen LogP contribution < -0.4 is 15.6 Å². The Morgan fingerprint density at radius 2 is 1.65 bits per heavy atom. The fourth-order valence-corrected chi connectivity index (χ4v) is 3.12. The minimum absolute atomic E-state index is 0.00439. The van der Waals surface area contributed by atoms with E-state index in [1.807, 2.05) is 43.3 Å². The largest absolute Gasteiger partial charge is 0.508 e. The third kappa shape index (κ3) is 6.23. The summed E-state index contributed by atoms with van der Waals surface area (Å²) in [5.41, 5.74) is 5.39. The Kier molecular flexibility index (Phi) is 7.66. The van der Waals surface area contributed by atoms with Crippen LogP contribution in [-0.2, 0) is 4.79 Å². The molecule has 8 heteroatoms. The zero-order valence-electron chi connectivity index (χ0n) is 19.1.